The maximum Gasteiger partial charge on any atom is 0.237 e. The molecule has 22 heavy (non-hydrogen) atoms. The predicted molar refractivity (Wildman–Crippen MR) is 89.8 cm³/mol. The fraction of sp³-hybridized carbons (Fsp3) is 0.632. The molecule has 0 radical (unpaired) electrons. The maximum absolute atomic E-state index is 12.8. The van der Waals surface area contributed by atoms with Crippen molar-refractivity contribution in [3.05, 3.63) is 35.4 Å². The Kier molecular flexibility index (Phi) is 4.53. The highest BCUT2D eigenvalue weighted by atomic mass is 16.2. The van der Waals surface area contributed by atoms with Crippen LogP contribution in [0.4, 0.5) is 0 Å². The first-order chi connectivity index (χ1) is 10.6. The van der Waals surface area contributed by atoms with E-state index in [4.69, 9.17) is 0 Å². The van der Waals surface area contributed by atoms with Crippen molar-refractivity contribution in [1.82, 2.24) is 9.80 Å². The number of carbonyl (C=O) groups is 1. The number of nitrogens with zero attached hydrogens (tertiary/aromatic N) is 2. The van der Waals surface area contributed by atoms with E-state index in [1.165, 1.54) is 17.5 Å². The number of likely N-dealkylation sites (tertiary alicyclic amines) is 1. The fourth-order valence-electron chi connectivity index (χ4n) is 4.31. The van der Waals surface area contributed by atoms with Crippen molar-refractivity contribution in [2.24, 2.45) is 0 Å². The van der Waals surface area contributed by atoms with E-state index in [0.29, 0.717) is 30.6 Å². The minimum Gasteiger partial charge on any atom is -0.336 e. The van der Waals surface area contributed by atoms with Gasteiger partial charge < -0.3 is 4.90 Å². The molecular formula is C19H28N2O. The Labute approximate surface area is 134 Å². The van der Waals surface area contributed by atoms with Gasteiger partial charge in [0.1, 0.15) is 0 Å². The van der Waals surface area contributed by atoms with Crippen LogP contribution in [0.25, 0.3) is 0 Å². The third-order valence-electron chi connectivity index (χ3n) is 5.50. The van der Waals surface area contributed by atoms with Crippen LogP contribution in [0.1, 0.15) is 56.7 Å². The van der Waals surface area contributed by atoms with Crippen LogP contribution < -0.4 is 0 Å². The van der Waals surface area contributed by atoms with E-state index in [0.717, 1.165) is 25.7 Å². The molecule has 3 atom stereocenters. The molecule has 0 unspecified atom stereocenters. The van der Waals surface area contributed by atoms with Crippen LogP contribution in [0.5, 0.6) is 0 Å². The third-order valence-corrected chi connectivity index (χ3v) is 5.50. The number of piperidine rings is 1. The van der Waals surface area contributed by atoms with Crippen LogP contribution in [-0.4, -0.2) is 41.4 Å². The summed E-state index contributed by atoms with van der Waals surface area (Å²) in [5, 5.41) is 0. The van der Waals surface area contributed by atoms with Gasteiger partial charge in [-0.3, -0.25) is 9.69 Å². The van der Waals surface area contributed by atoms with Crippen molar-refractivity contribution in [2.75, 3.05) is 13.6 Å². The van der Waals surface area contributed by atoms with Gasteiger partial charge in [0.2, 0.25) is 5.91 Å². The first-order valence-electron chi connectivity index (χ1n) is 8.67. The summed E-state index contributed by atoms with van der Waals surface area (Å²) in [7, 11) is 2.10. The van der Waals surface area contributed by atoms with Gasteiger partial charge in [0, 0.05) is 18.1 Å². The lowest BCUT2D eigenvalue weighted by Crippen LogP contribution is -2.50. The standard InChI is InChI=1S/C19H28N2O/c1-14-7-6-8-15(2)21(14)19(22)13-20(3)18-12-11-16-9-4-5-10-17(16)18/h4-5,9-10,14-15,18H,6-8,11-13H2,1-3H3/t14-,15-,18-/m1/s1. The van der Waals surface area contributed by atoms with Gasteiger partial charge in [0.25, 0.3) is 0 Å². The smallest absolute Gasteiger partial charge is 0.237 e. The number of rotatable bonds is 3. The van der Waals surface area contributed by atoms with Crippen LogP contribution in [-0.2, 0) is 11.2 Å². The molecule has 3 heteroatoms. The van der Waals surface area contributed by atoms with E-state index in [1.54, 1.807) is 0 Å². The molecule has 0 spiro atoms. The molecule has 1 fully saturated rings. The van der Waals surface area contributed by atoms with E-state index in [2.05, 4.69) is 55.0 Å². The van der Waals surface area contributed by atoms with Gasteiger partial charge in [-0.05, 0) is 64.1 Å². The van der Waals surface area contributed by atoms with Gasteiger partial charge >= 0.3 is 0 Å². The van der Waals surface area contributed by atoms with E-state index >= 15 is 0 Å². The Morgan fingerprint density at radius 2 is 1.86 bits per heavy atom. The second kappa shape index (κ2) is 6.41. The number of fused-ring (bicyclic) bond motifs is 1. The number of likely N-dealkylation sites (N-methyl/N-ethyl adjacent to an activating group) is 1. The molecule has 1 aromatic rings. The van der Waals surface area contributed by atoms with Crippen molar-refractivity contribution in [1.29, 1.82) is 0 Å². The average Bonchev–Trinajstić information content (AvgIpc) is 2.91. The number of carbonyl (C=O) groups excluding carboxylic acids is 1. The molecule has 1 saturated heterocycles. The highest BCUT2D eigenvalue weighted by Crippen LogP contribution is 2.35. The van der Waals surface area contributed by atoms with E-state index < -0.39 is 0 Å². The molecule has 1 heterocycles. The lowest BCUT2D eigenvalue weighted by atomic mass is 9.97. The fourth-order valence-corrected chi connectivity index (χ4v) is 4.31. The largest absolute Gasteiger partial charge is 0.336 e. The summed E-state index contributed by atoms with van der Waals surface area (Å²) in [4.78, 5) is 17.2. The van der Waals surface area contributed by atoms with Crippen LogP contribution in [0, 0.1) is 0 Å². The average molecular weight is 300 g/mol. The lowest BCUT2D eigenvalue weighted by molar-refractivity contribution is -0.138. The SMILES string of the molecule is C[C@@H]1CCC[C@@H](C)N1C(=O)CN(C)[C@@H]1CCc2ccccc21. The number of aryl methyl sites for hydroxylation is 1. The van der Waals surface area contributed by atoms with E-state index in [1.807, 2.05) is 0 Å². The number of hydrogen-bond donors (Lipinski definition) is 0. The summed E-state index contributed by atoms with van der Waals surface area (Å²) >= 11 is 0. The number of amides is 1. The minimum atomic E-state index is 0.298. The Morgan fingerprint density at radius 1 is 1.18 bits per heavy atom. The van der Waals surface area contributed by atoms with Gasteiger partial charge in [-0.2, -0.15) is 0 Å². The molecule has 1 amide bonds. The van der Waals surface area contributed by atoms with Crippen LogP contribution in [0.15, 0.2) is 24.3 Å². The van der Waals surface area contributed by atoms with Crippen LogP contribution >= 0.6 is 0 Å². The van der Waals surface area contributed by atoms with E-state index in [9.17, 15) is 4.79 Å². The first kappa shape index (κ1) is 15.5. The first-order valence-corrected chi connectivity index (χ1v) is 8.67. The van der Waals surface area contributed by atoms with Crippen molar-refractivity contribution in [3.63, 3.8) is 0 Å². The topological polar surface area (TPSA) is 23.6 Å². The molecule has 0 N–H and O–H groups in total. The summed E-state index contributed by atoms with van der Waals surface area (Å²) in [6, 6.07) is 9.85. The Hall–Kier alpha value is -1.35. The molecule has 120 valence electrons. The Morgan fingerprint density at radius 3 is 2.59 bits per heavy atom. The highest BCUT2D eigenvalue weighted by molar-refractivity contribution is 5.79. The Bertz CT molecular complexity index is 532. The van der Waals surface area contributed by atoms with Gasteiger partial charge in [-0.15, -0.1) is 0 Å². The molecule has 3 nitrogen and oxygen atoms in total. The second-order valence-corrected chi connectivity index (χ2v) is 7.10. The molecule has 1 aromatic carbocycles. The molecular weight excluding hydrogens is 272 g/mol. The zero-order chi connectivity index (χ0) is 15.7. The van der Waals surface area contributed by atoms with Crippen molar-refractivity contribution < 1.29 is 4.79 Å². The van der Waals surface area contributed by atoms with Crippen molar-refractivity contribution >= 4 is 5.91 Å². The highest BCUT2D eigenvalue weighted by Gasteiger charge is 2.32. The van der Waals surface area contributed by atoms with E-state index in [-0.39, 0.29) is 0 Å². The summed E-state index contributed by atoms with van der Waals surface area (Å²) in [6.45, 7) is 4.92. The van der Waals surface area contributed by atoms with Crippen LogP contribution in [0.3, 0.4) is 0 Å². The molecule has 1 aliphatic heterocycles. The normalized spacial score (nSPS) is 28.0. The predicted octanol–water partition coefficient (Wildman–Crippen LogP) is 3.40. The molecule has 0 saturated carbocycles. The molecule has 1 aliphatic carbocycles. The van der Waals surface area contributed by atoms with Gasteiger partial charge in [-0.25, -0.2) is 0 Å². The summed E-state index contributed by atoms with van der Waals surface area (Å²) in [6.07, 6.45) is 5.81. The maximum atomic E-state index is 12.8. The van der Waals surface area contributed by atoms with Gasteiger partial charge in [0.05, 0.1) is 6.54 Å². The Balaban J connectivity index is 1.67. The third kappa shape index (κ3) is 2.91. The number of hydrogen-bond acceptors (Lipinski definition) is 2. The number of benzene rings is 1. The monoisotopic (exact) mass is 300 g/mol. The van der Waals surface area contributed by atoms with Crippen LogP contribution in [0.2, 0.25) is 0 Å². The zero-order valence-corrected chi connectivity index (χ0v) is 14.1. The van der Waals surface area contributed by atoms with Gasteiger partial charge in [0.15, 0.2) is 0 Å². The molecule has 2 aliphatic rings. The summed E-state index contributed by atoms with van der Waals surface area (Å²) < 4.78 is 0. The van der Waals surface area contributed by atoms with Crippen molar-refractivity contribution in [2.45, 2.75) is 64.1 Å². The summed E-state index contributed by atoms with van der Waals surface area (Å²) in [5.74, 6) is 0.298. The molecule has 0 aromatic heterocycles. The van der Waals surface area contributed by atoms with Gasteiger partial charge in [-0.1, -0.05) is 24.3 Å². The lowest BCUT2D eigenvalue weighted by Gasteiger charge is -2.40. The van der Waals surface area contributed by atoms with Crippen molar-refractivity contribution in [3.8, 4) is 0 Å². The molecule has 3 rings (SSSR count). The quantitative estimate of drug-likeness (QED) is 0.854. The summed E-state index contributed by atoms with van der Waals surface area (Å²) in [5.41, 5.74) is 2.86. The zero-order valence-electron chi connectivity index (χ0n) is 14.1. The second-order valence-electron chi connectivity index (χ2n) is 7.10. The molecule has 0 bridgehead atoms. The minimum absolute atomic E-state index is 0.298.